The van der Waals surface area contributed by atoms with Crippen molar-refractivity contribution in [2.24, 2.45) is 29.8 Å². The van der Waals surface area contributed by atoms with Crippen LogP contribution in [-0.4, -0.2) is 42.4 Å². The molecule has 3 unspecified atom stereocenters. The number of aryl methyl sites for hydroxylation is 1. The van der Waals surface area contributed by atoms with Gasteiger partial charge < -0.3 is 25.3 Å². The minimum absolute atomic E-state index is 0.140. The number of ether oxygens (including phenoxy) is 1. The molecule has 9 heteroatoms. The maximum Gasteiger partial charge on any atom is 0.419 e. The maximum absolute atomic E-state index is 14.0. The minimum Gasteiger partial charge on any atom is -0.493 e. The molecule has 2 fully saturated rings. The molecule has 5 rings (SSSR count). The molecule has 1 saturated carbocycles. The lowest BCUT2D eigenvalue weighted by Crippen LogP contribution is -2.38. The fraction of sp³-hybridized carbons (Fsp3) is 0.500. The molecule has 3 atom stereocenters. The summed E-state index contributed by atoms with van der Waals surface area (Å²) in [4.78, 5) is 4.46. The van der Waals surface area contributed by atoms with Crippen LogP contribution < -0.4 is 15.4 Å². The summed E-state index contributed by atoms with van der Waals surface area (Å²) in [6.45, 7) is 2.28. The summed E-state index contributed by atoms with van der Waals surface area (Å²) in [6.07, 6.45) is 0.934. The van der Waals surface area contributed by atoms with Gasteiger partial charge in [0.25, 0.3) is 0 Å². The maximum atomic E-state index is 14.0. The summed E-state index contributed by atoms with van der Waals surface area (Å²) < 4.78 is 49.5. The van der Waals surface area contributed by atoms with Crippen molar-refractivity contribution in [3.63, 3.8) is 0 Å². The zero-order chi connectivity index (χ0) is 23.2. The van der Waals surface area contributed by atoms with Crippen LogP contribution in [0.15, 0.2) is 35.5 Å². The first-order valence-corrected chi connectivity index (χ1v) is 11.4. The van der Waals surface area contributed by atoms with Crippen LogP contribution in [0.5, 0.6) is 5.75 Å². The second-order valence-electron chi connectivity index (χ2n) is 9.19. The molecule has 1 aromatic carbocycles. The van der Waals surface area contributed by atoms with Crippen molar-refractivity contribution in [3.05, 3.63) is 47.2 Å². The van der Waals surface area contributed by atoms with Gasteiger partial charge in [-0.05, 0) is 74.4 Å². The molecule has 3 aliphatic rings. The van der Waals surface area contributed by atoms with Gasteiger partial charge in [-0.3, -0.25) is 4.99 Å². The fourth-order valence-electron chi connectivity index (χ4n) is 5.59. The lowest BCUT2D eigenvalue weighted by molar-refractivity contribution is -0.139. The molecule has 1 aliphatic carbocycles. The predicted octanol–water partition coefficient (Wildman–Crippen LogP) is 4.30. The highest BCUT2D eigenvalue weighted by Gasteiger charge is 2.39. The van der Waals surface area contributed by atoms with E-state index < -0.39 is 17.9 Å². The monoisotopic (exact) mass is 459 g/mol. The van der Waals surface area contributed by atoms with E-state index in [-0.39, 0.29) is 12.4 Å². The Morgan fingerprint density at radius 2 is 1.97 bits per heavy atom. The number of hydrogen-bond acceptors (Lipinski definition) is 5. The van der Waals surface area contributed by atoms with Gasteiger partial charge >= 0.3 is 6.18 Å². The molecule has 0 radical (unpaired) electrons. The van der Waals surface area contributed by atoms with Crippen LogP contribution in [0.25, 0.3) is 0 Å². The number of fused-ring (bicyclic) bond motifs is 3. The van der Waals surface area contributed by atoms with Crippen LogP contribution in [0, 0.1) is 23.2 Å². The van der Waals surface area contributed by atoms with Gasteiger partial charge in [-0.25, -0.2) is 0 Å². The average Bonchev–Trinajstić information content (AvgIpc) is 3.26. The van der Waals surface area contributed by atoms with Crippen molar-refractivity contribution in [2.75, 3.05) is 25.0 Å². The van der Waals surface area contributed by atoms with Crippen molar-refractivity contribution in [1.82, 2.24) is 9.88 Å². The normalized spacial score (nSPS) is 26.4. The molecule has 6 nitrogen and oxygen atoms in total. The van der Waals surface area contributed by atoms with Gasteiger partial charge in [0.15, 0.2) is 6.17 Å². The van der Waals surface area contributed by atoms with Gasteiger partial charge in [0, 0.05) is 30.6 Å². The zero-order valence-corrected chi connectivity index (χ0v) is 18.5. The van der Waals surface area contributed by atoms with Crippen molar-refractivity contribution in [3.8, 4) is 5.75 Å². The number of anilines is 1. The van der Waals surface area contributed by atoms with Crippen molar-refractivity contribution >= 4 is 17.7 Å². The minimum atomic E-state index is -4.55. The highest BCUT2D eigenvalue weighted by Crippen LogP contribution is 2.42. The molecule has 2 aromatic rings. The van der Waals surface area contributed by atoms with E-state index in [2.05, 4.69) is 15.6 Å². The number of hydrogen-bond donors (Lipinski definition) is 3. The third-order valence-electron chi connectivity index (χ3n) is 7.24. The van der Waals surface area contributed by atoms with E-state index in [1.54, 1.807) is 6.07 Å². The Bertz CT molecular complexity index is 1060. The molecular formula is C24H28F3N5O. The van der Waals surface area contributed by atoms with Crippen LogP contribution in [0.2, 0.25) is 0 Å². The Morgan fingerprint density at radius 1 is 1.21 bits per heavy atom. The quantitative estimate of drug-likeness (QED) is 0.564. The number of aromatic nitrogens is 1. The first-order chi connectivity index (χ1) is 15.8. The Hall–Kier alpha value is -2.81. The molecule has 33 heavy (non-hydrogen) atoms. The molecule has 1 saturated heterocycles. The fourth-order valence-corrected chi connectivity index (χ4v) is 5.59. The highest BCUT2D eigenvalue weighted by atomic mass is 19.4. The number of aliphatic imine (C=N–C) groups is 1. The number of nitrogens with one attached hydrogen (secondary N) is 3. The second-order valence-corrected chi connectivity index (χ2v) is 9.19. The van der Waals surface area contributed by atoms with Crippen LogP contribution in [0.1, 0.15) is 36.0 Å². The van der Waals surface area contributed by atoms with E-state index in [0.29, 0.717) is 34.6 Å². The van der Waals surface area contributed by atoms with E-state index in [1.165, 1.54) is 18.9 Å². The highest BCUT2D eigenvalue weighted by molar-refractivity contribution is 6.17. The van der Waals surface area contributed by atoms with E-state index >= 15 is 0 Å². The molecule has 0 amide bonds. The summed E-state index contributed by atoms with van der Waals surface area (Å²) >= 11 is 0. The summed E-state index contributed by atoms with van der Waals surface area (Å²) in [6, 6.07) is 5.96. The number of piperidine rings is 1. The molecule has 176 valence electrons. The van der Waals surface area contributed by atoms with Crippen molar-refractivity contribution < 1.29 is 17.9 Å². The first-order valence-electron chi connectivity index (χ1n) is 11.4. The van der Waals surface area contributed by atoms with E-state index in [4.69, 9.17) is 10.1 Å². The van der Waals surface area contributed by atoms with Crippen LogP contribution >= 0.6 is 0 Å². The Balaban J connectivity index is 1.39. The third kappa shape index (κ3) is 4.14. The SMILES string of the molecule is Cn1ccc2c1NC(C=N)N=C2c1ccc(OCCC2C3CCC2CNC3)c(C(F)(F)F)c1. The molecule has 2 bridgehead atoms. The Kier molecular flexibility index (Phi) is 5.68. The molecule has 0 spiro atoms. The second kappa shape index (κ2) is 8.52. The molecule has 3 heterocycles. The zero-order valence-electron chi connectivity index (χ0n) is 18.5. The van der Waals surface area contributed by atoms with Gasteiger partial charge in [0.2, 0.25) is 0 Å². The lowest BCUT2D eigenvalue weighted by Gasteiger charge is -2.30. The topological polar surface area (TPSA) is 74.4 Å². The third-order valence-corrected chi connectivity index (χ3v) is 7.24. The van der Waals surface area contributed by atoms with Gasteiger partial charge in [-0.15, -0.1) is 0 Å². The Labute approximate surface area is 190 Å². The van der Waals surface area contributed by atoms with Crippen molar-refractivity contribution in [2.45, 2.75) is 31.6 Å². The van der Waals surface area contributed by atoms with E-state index in [1.807, 2.05) is 23.9 Å². The van der Waals surface area contributed by atoms with Crippen molar-refractivity contribution in [1.29, 1.82) is 5.41 Å². The van der Waals surface area contributed by atoms with Gasteiger partial charge in [-0.2, -0.15) is 13.2 Å². The lowest BCUT2D eigenvalue weighted by atomic mass is 9.84. The van der Waals surface area contributed by atoms with Gasteiger partial charge in [-0.1, -0.05) is 0 Å². The Morgan fingerprint density at radius 3 is 2.67 bits per heavy atom. The first kappa shape index (κ1) is 22.0. The average molecular weight is 460 g/mol. The van der Waals surface area contributed by atoms with E-state index in [0.717, 1.165) is 37.6 Å². The number of nitrogens with zero attached hydrogens (tertiary/aromatic N) is 2. The van der Waals surface area contributed by atoms with Crippen LogP contribution in [0.4, 0.5) is 19.0 Å². The molecule has 2 aliphatic heterocycles. The van der Waals surface area contributed by atoms with Gasteiger partial charge in [0.05, 0.1) is 17.9 Å². The van der Waals surface area contributed by atoms with Gasteiger partial charge in [0.1, 0.15) is 11.6 Å². The molecule has 1 aromatic heterocycles. The number of halogens is 3. The standard InChI is InChI=1S/C24H28F3N5O/c1-32-8-6-18-22(30-21(11-28)31-23(18)32)14-4-5-20(19(10-14)24(25,26)27)33-9-7-17-15-2-3-16(17)13-29-12-15/h4-6,8,10-11,15-17,21,28-29,31H,2-3,7,9,12-13H2,1H3. The number of alkyl halides is 3. The molecule has 3 N–H and O–H groups in total. The summed E-state index contributed by atoms with van der Waals surface area (Å²) in [5, 5.41) is 14.1. The molecular weight excluding hydrogens is 431 g/mol. The largest absolute Gasteiger partial charge is 0.493 e. The van der Waals surface area contributed by atoms with Crippen LogP contribution in [-0.2, 0) is 13.2 Å². The number of benzene rings is 1. The predicted molar refractivity (Wildman–Crippen MR) is 121 cm³/mol. The summed E-state index contributed by atoms with van der Waals surface area (Å²) in [7, 11) is 1.84. The number of rotatable bonds is 6. The smallest absolute Gasteiger partial charge is 0.419 e. The summed E-state index contributed by atoms with van der Waals surface area (Å²) in [5.74, 6) is 2.32. The summed E-state index contributed by atoms with van der Waals surface area (Å²) in [5.41, 5.74) is 0.699. The van der Waals surface area contributed by atoms with E-state index in [9.17, 15) is 13.2 Å². The van der Waals surface area contributed by atoms with Crippen LogP contribution in [0.3, 0.4) is 0 Å².